The predicted octanol–water partition coefficient (Wildman–Crippen LogP) is 3.96. The van der Waals surface area contributed by atoms with Crippen LogP contribution in [-0.4, -0.2) is 64.6 Å². The fourth-order valence-corrected chi connectivity index (χ4v) is 4.89. The molecular weight excluding hydrogens is 352 g/mol. The minimum Gasteiger partial charge on any atom is -0.493 e. The highest BCUT2D eigenvalue weighted by Crippen LogP contribution is 2.44. The van der Waals surface area contributed by atoms with Crippen molar-refractivity contribution < 1.29 is 14.2 Å². The Labute approximate surface area is 169 Å². The van der Waals surface area contributed by atoms with E-state index in [4.69, 9.17) is 14.2 Å². The molecule has 28 heavy (non-hydrogen) atoms. The topological polar surface area (TPSA) is 34.2 Å². The lowest BCUT2D eigenvalue weighted by Gasteiger charge is -2.37. The first-order chi connectivity index (χ1) is 13.8. The molecule has 1 saturated carbocycles. The lowest BCUT2D eigenvalue weighted by atomic mass is 9.97. The predicted molar refractivity (Wildman–Crippen MR) is 114 cm³/mol. The van der Waals surface area contributed by atoms with Crippen molar-refractivity contribution in [1.82, 2.24) is 4.90 Å². The molecule has 0 N–H and O–H groups in total. The number of rotatable bonds is 9. The number of hydrogen-bond acceptors (Lipinski definition) is 5. The summed E-state index contributed by atoms with van der Waals surface area (Å²) in [4.78, 5) is 5.05. The Morgan fingerprint density at radius 2 is 1.86 bits per heavy atom. The number of nitrogens with zero attached hydrogens (tertiary/aromatic N) is 2. The second-order valence-corrected chi connectivity index (χ2v) is 8.13. The van der Waals surface area contributed by atoms with E-state index < -0.39 is 0 Å². The standard InChI is InChI=1S/C23H34N2O3/c1-26-14-12-25-20-8-5-7-18(20)15-19-16-22(27-2)23(17-21(19)25)28-13-6-11-24-9-3-4-10-24/h15-17,20H,3-14H2,1-2H3. The van der Waals surface area contributed by atoms with Gasteiger partial charge in [-0.2, -0.15) is 0 Å². The summed E-state index contributed by atoms with van der Waals surface area (Å²) in [6.45, 7) is 5.99. The van der Waals surface area contributed by atoms with Crippen molar-refractivity contribution in [2.45, 2.75) is 44.6 Å². The Hall–Kier alpha value is -1.72. The van der Waals surface area contributed by atoms with E-state index in [0.29, 0.717) is 6.04 Å². The minimum absolute atomic E-state index is 0.513. The number of hydrogen-bond donors (Lipinski definition) is 0. The monoisotopic (exact) mass is 386 g/mol. The molecule has 2 fully saturated rings. The molecule has 1 aromatic carbocycles. The molecule has 3 aliphatic rings. The van der Waals surface area contributed by atoms with Crippen molar-refractivity contribution in [3.63, 3.8) is 0 Å². The van der Waals surface area contributed by atoms with Gasteiger partial charge in [-0.15, -0.1) is 0 Å². The molecule has 2 heterocycles. The maximum atomic E-state index is 6.19. The quantitative estimate of drug-likeness (QED) is 0.600. The number of anilines is 1. The van der Waals surface area contributed by atoms with Gasteiger partial charge in [0, 0.05) is 37.5 Å². The van der Waals surface area contributed by atoms with Crippen LogP contribution in [0, 0.1) is 0 Å². The van der Waals surface area contributed by atoms with Crippen LogP contribution in [0.15, 0.2) is 17.7 Å². The van der Waals surface area contributed by atoms with E-state index in [1.807, 2.05) is 0 Å². The van der Waals surface area contributed by atoms with E-state index in [9.17, 15) is 0 Å². The van der Waals surface area contributed by atoms with E-state index >= 15 is 0 Å². The average Bonchev–Trinajstić information content (AvgIpc) is 3.39. The molecule has 0 amide bonds. The van der Waals surface area contributed by atoms with Crippen LogP contribution in [0.25, 0.3) is 6.08 Å². The molecule has 154 valence electrons. The SMILES string of the molecule is COCCN1c2cc(OCCCN3CCCC3)c(OC)cc2C=C2CCCC21. The van der Waals surface area contributed by atoms with Gasteiger partial charge in [0.05, 0.1) is 26.4 Å². The first-order valence-corrected chi connectivity index (χ1v) is 10.8. The highest BCUT2D eigenvalue weighted by molar-refractivity contribution is 5.78. The number of likely N-dealkylation sites (tertiary alicyclic amines) is 1. The van der Waals surface area contributed by atoms with Crippen LogP contribution in [0.4, 0.5) is 5.69 Å². The average molecular weight is 387 g/mol. The minimum atomic E-state index is 0.513. The molecule has 4 rings (SSSR count). The zero-order valence-corrected chi connectivity index (χ0v) is 17.4. The molecule has 0 radical (unpaired) electrons. The molecular formula is C23H34N2O3. The van der Waals surface area contributed by atoms with Crippen molar-refractivity contribution in [3.8, 4) is 11.5 Å². The highest BCUT2D eigenvalue weighted by atomic mass is 16.5. The van der Waals surface area contributed by atoms with Crippen molar-refractivity contribution in [2.75, 3.05) is 58.5 Å². The molecule has 0 spiro atoms. The summed E-state index contributed by atoms with van der Waals surface area (Å²) < 4.78 is 17.2. The van der Waals surface area contributed by atoms with Gasteiger partial charge in [-0.1, -0.05) is 6.08 Å². The van der Waals surface area contributed by atoms with E-state index in [0.717, 1.165) is 44.2 Å². The number of ether oxygens (including phenoxy) is 3. The normalized spacial score (nSPS) is 21.4. The van der Waals surface area contributed by atoms with Crippen LogP contribution in [0.1, 0.15) is 44.1 Å². The molecule has 1 aromatic rings. The zero-order valence-electron chi connectivity index (χ0n) is 17.4. The first kappa shape index (κ1) is 19.6. The molecule has 2 aliphatic heterocycles. The largest absolute Gasteiger partial charge is 0.493 e. The van der Waals surface area contributed by atoms with Crippen molar-refractivity contribution in [1.29, 1.82) is 0 Å². The fraction of sp³-hybridized carbons (Fsp3) is 0.652. The third kappa shape index (κ3) is 4.15. The van der Waals surface area contributed by atoms with Crippen molar-refractivity contribution >= 4 is 11.8 Å². The molecule has 1 atom stereocenters. The zero-order chi connectivity index (χ0) is 19.3. The molecule has 5 nitrogen and oxygen atoms in total. The van der Waals surface area contributed by atoms with Gasteiger partial charge < -0.3 is 24.0 Å². The Balaban J connectivity index is 1.50. The third-order valence-electron chi connectivity index (χ3n) is 6.32. The van der Waals surface area contributed by atoms with Gasteiger partial charge >= 0.3 is 0 Å². The van der Waals surface area contributed by atoms with Gasteiger partial charge in [-0.3, -0.25) is 0 Å². The lowest BCUT2D eigenvalue weighted by molar-refractivity contribution is 0.203. The molecule has 1 saturated heterocycles. The van der Waals surface area contributed by atoms with E-state index in [1.54, 1.807) is 19.8 Å². The molecule has 0 aromatic heterocycles. The van der Waals surface area contributed by atoms with Crippen LogP contribution in [-0.2, 0) is 4.74 Å². The molecule has 1 aliphatic carbocycles. The first-order valence-electron chi connectivity index (χ1n) is 10.8. The van der Waals surface area contributed by atoms with Crippen LogP contribution in [0.3, 0.4) is 0 Å². The summed E-state index contributed by atoms with van der Waals surface area (Å²) in [5.41, 5.74) is 4.04. The van der Waals surface area contributed by atoms with Gasteiger partial charge in [0.15, 0.2) is 11.5 Å². The molecule has 1 unspecified atom stereocenters. The maximum Gasteiger partial charge on any atom is 0.163 e. The Bertz CT molecular complexity index is 697. The second-order valence-electron chi connectivity index (χ2n) is 8.13. The van der Waals surface area contributed by atoms with Crippen molar-refractivity contribution in [3.05, 3.63) is 23.3 Å². The van der Waals surface area contributed by atoms with Gasteiger partial charge in [0.25, 0.3) is 0 Å². The van der Waals surface area contributed by atoms with Gasteiger partial charge in [-0.05, 0) is 63.3 Å². The summed E-state index contributed by atoms with van der Waals surface area (Å²) in [5.74, 6) is 1.69. The van der Waals surface area contributed by atoms with Gasteiger partial charge in [-0.25, -0.2) is 0 Å². The lowest BCUT2D eigenvalue weighted by Crippen LogP contribution is -2.39. The molecule has 0 bridgehead atoms. The van der Waals surface area contributed by atoms with E-state index in [1.165, 1.54) is 56.4 Å². The summed E-state index contributed by atoms with van der Waals surface area (Å²) in [6, 6.07) is 4.84. The second kappa shape index (κ2) is 9.19. The van der Waals surface area contributed by atoms with E-state index in [2.05, 4.69) is 28.0 Å². The Morgan fingerprint density at radius 1 is 1.00 bits per heavy atom. The fourth-order valence-electron chi connectivity index (χ4n) is 4.89. The van der Waals surface area contributed by atoms with Crippen LogP contribution in [0.2, 0.25) is 0 Å². The van der Waals surface area contributed by atoms with E-state index in [-0.39, 0.29) is 0 Å². The van der Waals surface area contributed by atoms with Gasteiger partial charge in [0.1, 0.15) is 0 Å². The Kier molecular flexibility index (Phi) is 6.43. The summed E-state index contributed by atoms with van der Waals surface area (Å²) in [5, 5.41) is 0. The van der Waals surface area contributed by atoms with Gasteiger partial charge in [0.2, 0.25) is 0 Å². The number of benzene rings is 1. The van der Waals surface area contributed by atoms with Crippen LogP contribution < -0.4 is 14.4 Å². The summed E-state index contributed by atoms with van der Waals surface area (Å²) in [7, 11) is 3.51. The highest BCUT2D eigenvalue weighted by Gasteiger charge is 2.32. The third-order valence-corrected chi connectivity index (χ3v) is 6.32. The summed E-state index contributed by atoms with van der Waals surface area (Å²) in [6.07, 6.45) is 9.81. The summed E-state index contributed by atoms with van der Waals surface area (Å²) >= 11 is 0. The number of fused-ring (bicyclic) bond motifs is 2. The number of methoxy groups -OCH3 is 2. The van der Waals surface area contributed by atoms with Crippen LogP contribution in [0.5, 0.6) is 11.5 Å². The smallest absolute Gasteiger partial charge is 0.163 e. The van der Waals surface area contributed by atoms with Crippen molar-refractivity contribution in [2.24, 2.45) is 0 Å². The molecule has 5 heteroatoms. The van der Waals surface area contributed by atoms with Crippen LogP contribution >= 0.6 is 0 Å². The maximum absolute atomic E-state index is 6.19. The Morgan fingerprint density at radius 3 is 2.64 bits per heavy atom.